The second-order valence-corrected chi connectivity index (χ2v) is 8.48. The topological polar surface area (TPSA) is 75.2 Å². The van der Waals surface area contributed by atoms with Gasteiger partial charge >= 0.3 is 0 Å². The van der Waals surface area contributed by atoms with Crippen LogP contribution in [0.2, 0.25) is 0 Å². The van der Waals surface area contributed by atoms with Crippen LogP contribution in [0.1, 0.15) is 30.9 Å². The molecule has 2 heterocycles. The first-order chi connectivity index (χ1) is 11.8. The molecule has 0 atom stereocenters. The second kappa shape index (κ2) is 7.00. The van der Waals surface area contributed by atoms with Crippen molar-refractivity contribution in [2.75, 3.05) is 22.7 Å². The molecule has 1 aromatic heterocycles. The van der Waals surface area contributed by atoms with Crippen LogP contribution in [0.5, 0.6) is 0 Å². The second-order valence-electron chi connectivity index (χ2n) is 6.80. The summed E-state index contributed by atoms with van der Waals surface area (Å²) in [4.78, 5) is 2.42. The zero-order chi connectivity index (χ0) is 18.0. The Labute approximate surface area is 149 Å². The Morgan fingerprint density at radius 1 is 1.04 bits per heavy atom. The molecular weight excluding hydrogens is 336 g/mol. The number of sulfonamides is 1. The summed E-state index contributed by atoms with van der Waals surface area (Å²) in [5.41, 5.74) is 1.99. The number of nitrogens with zero attached hydrogens (tertiary/aromatic N) is 3. The molecule has 0 amide bonds. The molecular formula is C18H24N4O2S. The zero-order valence-electron chi connectivity index (χ0n) is 14.9. The molecule has 7 heteroatoms. The van der Waals surface area contributed by atoms with Gasteiger partial charge < -0.3 is 4.90 Å². The van der Waals surface area contributed by atoms with E-state index in [1.807, 2.05) is 19.9 Å². The largest absolute Gasteiger partial charge is 0.355 e. The van der Waals surface area contributed by atoms with Crippen LogP contribution in [-0.2, 0) is 10.0 Å². The number of nitrogens with one attached hydrogen (secondary N) is 1. The summed E-state index contributed by atoms with van der Waals surface area (Å²) in [5, 5.41) is 8.23. The van der Waals surface area contributed by atoms with Crippen molar-refractivity contribution in [3.8, 4) is 0 Å². The van der Waals surface area contributed by atoms with Gasteiger partial charge in [0.1, 0.15) is 0 Å². The highest BCUT2D eigenvalue weighted by Crippen LogP contribution is 2.22. The average molecular weight is 360 g/mol. The van der Waals surface area contributed by atoms with Gasteiger partial charge in [-0.1, -0.05) is 13.0 Å². The van der Waals surface area contributed by atoms with Crippen LogP contribution < -0.4 is 9.62 Å². The van der Waals surface area contributed by atoms with E-state index in [-0.39, 0.29) is 10.7 Å². The average Bonchev–Trinajstić information content (AvgIpc) is 2.58. The summed E-state index contributed by atoms with van der Waals surface area (Å²) >= 11 is 0. The summed E-state index contributed by atoms with van der Waals surface area (Å²) < 4.78 is 27.5. The Kier molecular flexibility index (Phi) is 4.94. The molecule has 0 unspecified atom stereocenters. The standard InChI is InChI=1S/C18H24N4O2S/c1-13-8-10-22(11-9-13)18-7-6-17(19-20-18)21-25(23,24)16-5-4-14(2)15(3)12-16/h4-7,12-13H,8-11H2,1-3H3,(H,19,21). The van der Waals surface area contributed by atoms with Gasteiger partial charge in [0.2, 0.25) is 0 Å². The first kappa shape index (κ1) is 17.7. The van der Waals surface area contributed by atoms with Crippen LogP contribution in [-0.4, -0.2) is 31.7 Å². The summed E-state index contributed by atoms with van der Waals surface area (Å²) in [6.07, 6.45) is 2.28. The number of aromatic nitrogens is 2. The lowest BCUT2D eigenvalue weighted by atomic mass is 9.99. The van der Waals surface area contributed by atoms with Crippen molar-refractivity contribution in [2.45, 2.75) is 38.5 Å². The van der Waals surface area contributed by atoms with Gasteiger partial charge in [-0.25, -0.2) is 8.42 Å². The van der Waals surface area contributed by atoms with E-state index in [4.69, 9.17) is 0 Å². The maximum absolute atomic E-state index is 12.5. The molecule has 134 valence electrons. The Balaban J connectivity index is 1.73. The highest BCUT2D eigenvalue weighted by molar-refractivity contribution is 7.92. The minimum atomic E-state index is -3.66. The Bertz CT molecular complexity index is 842. The molecule has 0 saturated carbocycles. The van der Waals surface area contributed by atoms with E-state index in [0.29, 0.717) is 0 Å². The van der Waals surface area contributed by atoms with Crippen molar-refractivity contribution < 1.29 is 8.42 Å². The van der Waals surface area contributed by atoms with Gasteiger partial charge in [-0.15, -0.1) is 10.2 Å². The molecule has 0 aliphatic carbocycles. The molecule has 6 nitrogen and oxygen atoms in total. The normalized spacial score (nSPS) is 16.0. The maximum atomic E-state index is 12.5. The number of aryl methyl sites for hydroxylation is 2. The molecule has 2 aromatic rings. The van der Waals surface area contributed by atoms with Gasteiger partial charge in [0.25, 0.3) is 10.0 Å². The number of hydrogen-bond donors (Lipinski definition) is 1. The monoisotopic (exact) mass is 360 g/mol. The number of anilines is 2. The minimum Gasteiger partial charge on any atom is -0.355 e. The summed E-state index contributed by atoms with van der Waals surface area (Å²) in [7, 11) is -3.66. The van der Waals surface area contributed by atoms with Gasteiger partial charge in [0.05, 0.1) is 4.90 Å². The third-order valence-corrected chi connectivity index (χ3v) is 6.14. The lowest BCUT2D eigenvalue weighted by Crippen LogP contribution is -2.33. The smallest absolute Gasteiger partial charge is 0.263 e. The van der Waals surface area contributed by atoms with E-state index >= 15 is 0 Å². The van der Waals surface area contributed by atoms with Gasteiger partial charge in [-0.3, -0.25) is 4.72 Å². The lowest BCUT2D eigenvalue weighted by molar-refractivity contribution is 0.436. The molecule has 0 spiro atoms. The molecule has 25 heavy (non-hydrogen) atoms. The molecule has 1 aromatic carbocycles. The van der Waals surface area contributed by atoms with E-state index in [1.54, 1.807) is 24.3 Å². The van der Waals surface area contributed by atoms with E-state index in [9.17, 15) is 8.42 Å². The number of piperidine rings is 1. The van der Waals surface area contributed by atoms with Crippen LogP contribution >= 0.6 is 0 Å². The first-order valence-corrected chi connectivity index (χ1v) is 10.0. The lowest BCUT2D eigenvalue weighted by Gasteiger charge is -2.30. The highest BCUT2D eigenvalue weighted by atomic mass is 32.2. The minimum absolute atomic E-state index is 0.228. The van der Waals surface area contributed by atoms with Crippen molar-refractivity contribution in [1.82, 2.24) is 10.2 Å². The number of benzene rings is 1. The summed E-state index contributed by atoms with van der Waals surface area (Å²) in [6.45, 7) is 8.02. The van der Waals surface area contributed by atoms with E-state index in [0.717, 1.165) is 48.8 Å². The molecule has 1 saturated heterocycles. The van der Waals surface area contributed by atoms with Crippen molar-refractivity contribution in [3.05, 3.63) is 41.5 Å². The van der Waals surface area contributed by atoms with Crippen LogP contribution in [0.4, 0.5) is 11.6 Å². The van der Waals surface area contributed by atoms with Crippen LogP contribution in [0.15, 0.2) is 35.2 Å². The Morgan fingerprint density at radius 3 is 2.36 bits per heavy atom. The van der Waals surface area contributed by atoms with E-state index in [1.165, 1.54) is 0 Å². The third kappa shape index (κ3) is 4.10. The fraction of sp³-hybridized carbons (Fsp3) is 0.444. The fourth-order valence-electron chi connectivity index (χ4n) is 2.86. The van der Waals surface area contributed by atoms with Crippen LogP contribution in [0.25, 0.3) is 0 Å². The zero-order valence-corrected chi connectivity index (χ0v) is 15.7. The van der Waals surface area contributed by atoms with Crippen molar-refractivity contribution >= 4 is 21.7 Å². The van der Waals surface area contributed by atoms with E-state index in [2.05, 4.69) is 26.7 Å². The number of hydrogen-bond acceptors (Lipinski definition) is 5. The van der Waals surface area contributed by atoms with Crippen LogP contribution in [0.3, 0.4) is 0 Å². The quantitative estimate of drug-likeness (QED) is 0.907. The van der Waals surface area contributed by atoms with Crippen molar-refractivity contribution in [1.29, 1.82) is 0 Å². The van der Waals surface area contributed by atoms with Gasteiger partial charge in [0, 0.05) is 13.1 Å². The van der Waals surface area contributed by atoms with Crippen molar-refractivity contribution in [2.24, 2.45) is 5.92 Å². The van der Waals surface area contributed by atoms with Gasteiger partial charge in [-0.2, -0.15) is 0 Å². The molecule has 1 aliphatic heterocycles. The molecule has 1 N–H and O–H groups in total. The molecule has 3 rings (SSSR count). The van der Waals surface area contributed by atoms with Gasteiger partial charge in [-0.05, 0) is 68.0 Å². The molecule has 1 aliphatic rings. The summed E-state index contributed by atoms with van der Waals surface area (Å²) in [5.74, 6) is 1.77. The SMILES string of the molecule is Cc1ccc(S(=O)(=O)Nc2ccc(N3CCC(C)CC3)nn2)cc1C. The Morgan fingerprint density at radius 2 is 1.76 bits per heavy atom. The van der Waals surface area contributed by atoms with Crippen molar-refractivity contribution in [3.63, 3.8) is 0 Å². The predicted octanol–water partition coefficient (Wildman–Crippen LogP) is 3.13. The predicted molar refractivity (Wildman–Crippen MR) is 99.4 cm³/mol. The molecule has 0 bridgehead atoms. The van der Waals surface area contributed by atoms with Gasteiger partial charge in [0.15, 0.2) is 11.6 Å². The fourth-order valence-corrected chi connectivity index (χ4v) is 3.94. The first-order valence-electron chi connectivity index (χ1n) is 8.54. The number of rotatable bonds is 4. The molecule has 1 fully saturated rings. The molecule has 0 radical (unpaired) electrons. The van der Waals surface area contributed by atoms with Crippen LogP contribution in [0, 0.1) is 19.8 Å². The summed E-state index contributed by atoms with van der Waals surface area (Å²) in [6, 6.07) is 8.55. The highest BCUT2D eigenvalue weighted by Gasteiger charge is 2.19. The maximum Gasteiger partial charge on any atom is 0.263 e. The Hall–Kier alpha value is -2.15. The third-order valence-electron chi connectivity index (χ3n) is 4.79. The van der Waals surface area contributed by atoms with E-state index < -0.39 is 10.0 Å².